The van der Waals surface area contributed by atoms with E-state index in [1.807, 2.05) is 42.5 Å². The number of amides is 1. The summed E-state index contributed by atoms with van der Waals surface area (Å²) in [5, 5.41) is 18.8. The first-order chi connectivity index (χ1) is 17.0. The summed E-state index contributed by atoms with van der Waals surface area (Å²) in [6.07, 6.45) is 5.31. The predicted octanol–water partition coefficient (Wildman–Crippen LogP) is 4.39. The molecule has 0 unspecified atom stereocenters. The highest BCUT2D eigenvalue weighted by Crippen LogP contribution is 2.38. The third kappa shape index (κ3) is 6.02. The van der Waals surface area contributed by atoms with Crippen LogP contribution in [-0.4, -0.2) is 53.6 Å². The molecule has 2 atom stereocenters. The minimum absolute atomic E-state index is 0.148. The summed E-state index contributed by atoms with van der Waals surface area (Å²) < 4.78 is 4.42. The van der Waals surface area contributed by atoms with Crippen LogP contribution in [0.1, 0.15) is 48.2 Å². The van der Waals surface area contributed by atoms with Gasteiger partial charge in [0.25, 0.3) is 5.91 Å². The molecule has 3 aromatic rings. The Hall–Kier alpha value is -2.48. The van der Waals surface area contributed by atoms with Crippen molar-refractivity contribution in [2.75, 3.05) is 30.2 Å². The Morgan fingerprint density at radius 1 is 1.20 bits per heavy atom. The summed E-state index contributed by atoms with van der Waals surface area (Å²) in [7, 11) is 2.07. The van der Waals surface area contributed by atoms with Crippen molar-refractivity contribution in [3.05, 3.63) is 65.4 Å². The fraction of sp³-hybridized carbons (Fsp3) is 0.464. The smallest absolute Gasteiger partial charge is 0.251 e. The van der Waals surface area contributed by atoms with Crippen LogP contribution in [0, 0.1) is 0 Å². The highest BCUT2D eigenvalue weighted by Gasteiger charge is 2.25. The lowest BCUT2D eigenvalue weighted by atomic mass is 10.00. The first-order valence-corrected chi connectivity index (χ1v) is 13.7. The van der Waals surface area contributed by atoms with E-state index in [-0.39, 0.29) is 5.91 Å². The number of aliphatic hydroxyl groups is 1. The fourth-order valence-electron chi connectivity index (χ4n) is 4.78. The molecule has 1 amide bonds. The minimum Gasteiger partial charge on any atom is -0.390 e. The van der Waals surface area contributed by atoms with Crippen LogP contribution in [0.2, 0.25) is 0 Å². The monoisotopic (exact) mass is 494 g/mol. The molecule has 7 heteroatoms. The second-order valence-corrected chi connectivity index (χ2v) is 10.5. The molecular weight excluding hydrogens is 456 g/mol. The van der Waals surface area contributed by atoms with Gasteiger partial charge in [0.1, 0.15) is 0 Å². The van der Waals surface area contributed by atoms with Gasteiger partial charge in [-0.05, 0) is 67.9 Å². The summed E-state index contributed by atoms with van der Waals surface area (Å²) in [5.74, 6) is 0.871. The summed E-state index contributed by atoms with van der Waals surface area (Å²) in [6.45, 7) is 6.45. The van der Waals surface area contributed by atoms with Gasteiger partial charge in [-0.3, -0.25) is 4.79 Å². The number of aromatic nitrogens is 1. The van der Waals surface area contributed by atoms with Crippen molar-refractivity contribution in [2.24, 2.45) is 0 Å². The van der Waals surface area contributed by atoms with Crippen LogP contribution >= 0.6 is 11.9 Å². The standard InChI is InChI=1S/C28H38N4O2S/c1-4-6-13-29-18-26(33)23(15-20-10-8-7-9-11-20)30-28(34)22-16-24-27-21(12-14-35-31(24)3)19-32(5-2)25(27)17-22/h7-11,16-17,19,23,26,29,33H,4-6,12-15,18H2,1-3H3,(H,30,34)/t23-,26+/m0/s1. The molecule has 2 heterocycles. The molecule has 0 spiro atoms. The Labute approximate surface area is 213 Å². The number of hydrogen-bond acceptors (Lipinski definition) is 5. The molecule has 1 aliphatic heterocycles. The summed E-state index contributed by atoms with van der Waals surface area (Å²) in [6, 6.07) is 13.7. The Balaban J connectivity index is 1.61. The molecule has 0 radical (unpaired) electrons. The Kier molecular flexibility index (Phi) is 8.76. The predicted molar refractivity (Wildman–Crippen MR) is 147 cm³/mol. The number of rotatable bonds is 11. The van der Waals surface area contributed by atoms with E-state index in [2.05, 4.69) is 46.6 Å². The van der Waals surface area contributed by atoms with Crippen molar-refractivity contribution >= 4 is 34.4 Å². The number of hydrogen-bond donors (Lipinski definition) is 3. The molecule has 1 aliphatic rings. The van der Waals surface area contributed by atoms with Gasteiger partial charge in [0.2, 0.25) is 0 Å². The number of nitrogens with zero attached hydrogens (tertiary/aromatic N) is 2. The van der Waals surface area contributed by atoms with Crippen LogP contribution in [-0.2, 0) is 19.4 Å². The van der Waals surface area contributed by atoms with Crippen LogP contribution in [0.3, 0.4) is 0 Å². The molecule has 1 aromatic heterocycles. The molecule has 0 saturated heterocycles. The second kappa shape index (κ2) is 12.0. The Morgan fingerprint density at radius 3 is 2.74 bits per heavy atom. The summed E-state index contributed by atoms with van der Waals surface area (Å²) >= 11 is 1.78. The number of aryl methyl sites for hydroxylation is 2. The minimum atomic E-state index is -0.689. The van der Waals surface area contributed by atoms with E-state index in [1.54, 1.807) is 11.9 Å². The molecule has 0 bridgehead atoms. The lowest BCUT2D eigenvalue weighted by Gasteiger charge is -2.25. The number of aliphatic hydroxyl groups excluding tert-OH is 1. The lowest BCUT2D eigenvalue weighted by Crippen LogP contribution is -2.48. The number of carbonyl (C=O) groups is 1. The van der Waals surface area contributed by atoms with E-state index in [1.165, 1.54) is 10.9 Å². The van der Waals surface area contributed by atoms with Crippen molar-refractivity contribution in [1.82, 2.24) is 15.2 Å². The topological polar surface area (TPSA) is 69.5 Å². The number of benzene rings is 2. The van der Waals surface area contributed by atoms with Gasteiger partial charge in [-0.2, -0.15) is 0 Å². The molecule has 0 saturated carbocycles. The van der Waals surface area contributed by atoms with Crippen molar-refractivity contribution in [1.29, 1.82) is 0 Å². The maximum absolute atomic E-state index is 13.6. The van der Waals surface area contributed by atoms with Gasteiger partial charge in [-0.1, -0.05) is 43.7 Å². The molecule has 6 nitrogen and oxygen atoms in total. The highest BCUT2D eigenvalue weighted by atomic mass is 32.2. The van der Waals surface area contributed by atoms with Crippen molar-refractivity contribution in [3.63, 3.8) is 0 Å². The molecule has 4 rings (SSSR count). The van der Waals surface area contributed by atoms with E-state index < -0.39 is 12.1 Å². The van der Waals surface area contributed by atoms with Gasteiger partial charge in [-0.15, -0.1) is 0 Å². The van der Waals surface area contributed by atoms with Crippen LogP contribution in [0.15, 0.2) is 48.7 Å². The van der Waals surface area contributed by atoms with E-state index in [9.17, 15) is 9.90 Å². The zero-order valence-corrected chi connectivity index (χ0v) is 21.9. The van der Waals surface area contributed by atoms with Crippen molar-refractivity contribution in [3.8, 4) is 0 Å². The summed E-state index contributed by atoms with van der Waals surface area (Å²) in [5.41, 5.74) is 5.24. The van der Waals surface area contributed by atoms with Crippen molar-refractivity contribution < 1.29 is 9.90 Å². The second-order valence-electron chi connectivity index (χ2n) is 9.31. The normalized spacial score (nSPS) is 15.1. The van der Waals surface area contributed by atoms with Gasteiger partial charge in [0.15, 0.2) is 0 Å². The largest absolute Gasteiger partial charge is 0.390 e. The van der Waals surface area contributed by atoms with Gasteiger partial charge in [-0.25, -0.2) is 0 Å². The van der Waals surface area contributed by atoms with Gasteiger partial charge in [0, 0.05) is 43.0 Å². The number of carbonyl (C=O) groups excluding carboxylic acids is 1. The third-order valence-electron chi connectivity index (χ3n) is 6.78. The van der Waals surface area contributed by atoms with Crippen LogP contribution in [0.5, 0.6) is 0 Å². The van der Waals surface area contributed by atoms with Gasteiger partial charge < -0.3 is 24.6 Å². The van der Waals surface area contributed by atoms with E-state index in [0.29, 0.717) is 18.5 Å². The highest BCUT2D eigenvalue weighted by molar-refractivity contribution is 8.00. The molecule has 35 heavy (non-hydrogen) atoms. The molecular formula is C28H38N4O2S. The fourth-order valence-corrected chi connectivity index (χ4v) is 5.65. The lowest BCUT2D eigenvalue weighted by molar-refractivity contribution is 0.0831. The van der Waals surface area contributed by atoms with E-state index in [4.69, 9.17) is 0 Å². The molecule has 0 fully saturated rings. The average molecular weight is 495 g/mol. The van der Waals surface area contributed by atoms with Crippen LogP contribution in [0.25, 0.3) is 10.9 Å². The van der Waals surface area contributed by atoms with Crippen LogP contribution < -0.4 is 14.9 Å². The Morgan fingerprint density at radius 2 is 2.00 bits per heavy atom. The maximum Gasteiger partial charge on any atom is 0.251 e. The number of nitrogens with one attached hydrogen (secondary N) is 2. The SMILES string of the molecule is CCCCNC[C@@H](O)[C@H](Cc1ccccc1)NC(=O)c1cc2c3c(cn(CC)c3c1)CCSN2C. The van der Waals surface area contributed by atoms with E-state index in [0.717, 1.165) is 54.9 Å². The number of unbranched alkanes of at least 4 members (excludes halogenated alkanes) is 1. The first-order valence-electron chi connectivity index (χ1n) is 12.8. The Bertz CT molecular complexity index is 1130. The zero-order chi connectivity index (χ0) is 24.8. The van der Waals surface area contributed by atoms with Crippen LogP contribution in [0.4, 0.5) is 5.69 Å². The van der Waals surface area contributed by atoms with Gasteiger partial charge >= 0.3 is 0 Å². The first kappa shape index (κ1) is 25.6. The molecule has 3 N–H and O–H groups in total. The molecule has 2 aromatic carbocycles. The molecule has 188 valence electrons. The molecule has 0 aliphatic carbocycles. The van der Waals surface area contributed by atoms with Crippen molar-refractivity contribution in [2.45, 2.75) is 58.2 Å². The third-order valence-corrected chi connectivity index (χ3v) is 7.75. The van der Waals surface area contributed by atoms with Gasteiger partial charge in [0.05, 0.1) is 23.3 Å². The summed E-state index contributed by atoms with van der Waals surface area (Å²) in [4.78, 5) is 13.6. The maximum atomic E-state index is 13.6. The quantitative estimate of drug-likeness (QED) is 0.272. The zero-order valence-electron chi connectivity index (χ0n) is 21.1. The van der Waals surface area contributed by atoms with E-state index >= 15 is 0 Å². The average Bonchev–Trinajstić information content (AvgIpc) is 3.15. The number of anilines is 1.